The van der Waals surface area contributed by atoms with Gasteiger partial charge in [-0.25, -0.2) is 0 Å². The lowest BCUT2D eigenvalue weighted by Crippen LogP contribution is -2.47. The quantitative estimate of drug-likeness (QED) is 0.0212. The molecule has 0 aromatic rings. The number of phosphoric ester groups is 1. The van der Waals surface area contributed by atoms with Gasteiger partial charge in [-0.3, -0.25) is 14.2 Å². The third-order valence-electron chi connectivity index (χ3n) is 14.5. The van der Waals surface area contributed by atoms with E-state index in [2.05, 4.69) is 74.7 Å². The molecule has 0 aliphatic heterocycles. The number of carbonyl (C=O) groups is 2. The van der Waals surface area contributed by atoms with Crippen LogP contribution in [0.1, 0.15) is 303 Å². The van der Waals surface area contributed by atoms with Gasteiger partial charge in [-0.1, -0.05) is 275 Å². The number of likely N-dealkylation sites (N-methyl/N-ethyl adjacent to an activating group) is 1. The van der Waals surface area contributed by atoms with Crippen LogP contribution in [0.25, 0.3) is 0 Å². The fourth-order valence-corrected chi connectivity index (χ4v) is 10.1. The van der Waals surface area contributed by atoms with E-state index in [1.165, 1.54) is 180 Å². The Kier molecular flexibility index (Phi) is 55.3. The van der Waals surface area contributed by atoms with Crippen LogP contribution in [0.4, 0.5) is 0 Å². The Balaban J connectivity index is 5.10. The summed E-state index contributed by atoms with van der Waals surface area (Å²) in [4.78, 5) is 40.0. The van der Waals surface area contributed by atoms with Crippen molar-refractivity contribution in [3.05, 3.63) is 60.8 Å². The third kappa shape index (κ3) is 58.2. The van der Waals surface area contributed by atoms with Crippen LogP contribution in [0, 0.1) is 0 Å². The van der Waals surface area contributed by atoms with Gasteiger partial charge in [0.2, 0.25) is 5.91 Å². The van der Waals surface area contributed by atoms with Gasteiger partial charge >= 0.3 is 5.97 Å². The lowest BCUT2D eigenvalue weighted by atomic mass is 10.0. The second-order valence-electron chi connectivity index (χ2n) is 23.3. The van der Waals surface area contributed by atoms with Crippen molar-refractivity contribution in [3.8, 4) is 0 Å². The highest BCUT2D eigenvalue weighted by Gasteiger charge is 2.27. The molecule has 0 radical (unpaired) electrons. The summed E-state index contributed by atoms with van der Waals surface area (Å²) >= 11 is 0. The van der Waals surface area contributed by atoms with Gasteiger partial charge in [-0.15, -0.1) is 0 Å². The van der Waals surface area contributed by atoms with Gasteiger partial charge < -0.3 is 28.5 Å². The van der Waals surface area contributed by atoms with Gasteiger partial charge in [0.25, 0.3) is 7.82 Å². The minimum atomic E-state index is -4.70. The van der Waals surface area contributed by atoms with Crippen LogP contribution >= 0.6 is 7.82 Å². The molecule has 0 aromatic heterocycles. The first kappa shape index (κ1) is 74.7. The topological polar surface area (TPSA) is 114 Å². The van der Waals surface area contributed by atoms with Crippen LogP contribution in [0.3, 0.4) is 0 Å². The Morgan fingerprint density at radius 2 is 0.792 bits per heavy atom. The van der Waals surface area contributed by atoms with Crippen molar-refractivity contribution in [3.63, 3.8) is 0 Å². The summed E-state index contributed by atoms with van der Waals surface area (Å²) in [5.41, 5.74) is 0. The molecule has 0 saturated heterocycles. The molecule has 0 rings (SSSR count). The second kappa shape index (κ2) is 57.0. The third-order valence-corrected chi connectivity index (χ3v) is 15.4. The fourth-order valence-electron chi connectivity index (χ4n) is 9.39. The van der Waals surface area contributed by atoms with E-state index in [0.717, 1.165) is 89.9 Å². The van der Waals surface area contributed by atoms with Crippen molar-refractivity contribution < 1.29 is 37.3 Å². The normalized spacial score (nSPS) is 14.0. The van der Waals surface area contributed by atoms with Crippen molar-refractivity contribution in [2.45, 2.75) is 315 Å². The number of nitrogens with zero attached hydrogens (tertiary/aromatic N) is 1. The molecule has 10 heteroatoms. The molecule has 0 fully saturated rings. The number of rotatable bonds is 59. The average molecular weight is 1100 g/mol. The molecule has 0 spiro atoms. The highest BCUT2D eigenvalue weighted by Crippen LogP contribution is 2.38. The standard InChI is InChI=1S/C67H125N2O7P/c1-7-10-13-16-19-22-25-27-29-30-31-32-33-34-35-36-37-38-40-42-45-48-51-54-57-60-67(71)76-65(58-55-52-49-46-43-24-21-18-15-12-9-3)64(63-75-77(72,73)74-62-61-69(4,5)6)68-66(70)59-56-53-50-47-44-41-39-28-26-23-20-17-14-11-8-2/h19,22,27,29,31-32,34-35,55,58,64-65H,7-18,20-21,23-26,28,30,33,36-54,56-57,59-63H2,1-6H3,(H-,68,70,72,73)/b22-19-,29-27-,32-31-,35-34-,58-55+. The van der Waals surface area contributed by atoms with Gasteiger partial charge in [0, 0.05) is 12.8 Å². The summed E-state index contributed by atoms with van der Waals surface area (Å²) < 4.78 is 30.3. The predicted molar refractivity (Wildman–Crippen MR) is 330 cm³/mol. The average Bonchev–Trinajstić information content (AvgIpc) is 3.39. The number of nitrogens with one attached hydrogen (secondary N) is 1. The summed E-state index contributed by atoms with van der Waals surface area (Å²) in [6.07, 6.45) is 71.9. The lowest BCUT2D eigenvalue weighted by Gasteiger charge is -2.30. The van der Waals surface area contributed by atoms with Crippen LogP contribution in [0.2, 0.25) is 0 Å². The number of esters is 1. The SMILES string of the molecule is CCCCC/C=C\C/C=C\C/C=C\C/C=C\CCCCCCCCCCCC(=O)OC(/C=C/CCCCCCCCCCC)C(COP(=O)([O-])OCC[N+](C)(C)C)NC(=O)CCCCCCCCCCCCCCCCC. The molecule has 0 aliphatic rings. The molecule has 450 valence electrons. The van der Waals surface area contributed by atoms with E-state index < -0.39 is 20.0 Å². The Labute approximate surface area is 477 Å². The minimum absolute atomic E-state index is 0.0229. The molecule has 3 atom stereocenters. The largest absolute Gasteiger partial charge is 0.756 e. The molecule has 3 unspecified atom stereocenters. The van der Waals surface area contributed by atoms with Crippen molar-refractivity contribution in [2.75, 3.05) is 40.9 Å². The zero-order valence-corrected chi connectivity index (χ0v) is 52.3. The van der Waals surface area contributed by atoms with Crippen LogP contribution in [-0.2, 0) is 27.9 Å². The first-order valence-electron chi connectivity index (χ1n) is 32.6. The Bertz CT molecular complexity index is 1500. The minimum Gasteiger partial charge on any atom is -0.756 e. The maximum absolute atomic E-state index is 13.5. The van der Waals surface area contributed by atoms with Crippen molar-refractivity contribution in [2.24, 2.45) is 0 Å². The summed E-state index contributed by atoms with van der Waals surface area (Å²) in [5.74, 6) is -0.539. The lowest BCUT2D eigenvalue weighted by molar-refractivity contribution is -0.870. The Morgan fingerprint density at radius 1 is 0.455 bits per heavy atom. The van der Waals surface area contributed by atoms with E-state index in [4.69, 9.17) is 13.8 Å². The monoisotopic (exact) mass is 1100 g/mol. The maximum Gasteiger partial charge on any atom is 0.306 e. The summed E-state index contributed by atoms with van der Waals surface area (Å²) in [6, 6.07) is -0.889. The number of hydrogen-bond donors (Lipinski definition) is 1. The number of quaternary nitrogens is 1. The van der Waals surface area contributed by atoms with E-state index in [-0.39, 0.29) is 31.5 Å². The van der Waals surface area contributed by atoms with Crippen molar-refractivity contribution >= 4 is 19.7 Å². The van der Waals surface area contributed by atoms with E-state index in [9.17, 15) is 19.0 Å². The number of carbonyl (C=O) groups excluding carboxylic acids is 2. The molecule has 0 aromatic carbocycles. The predicted octanol–water partition coefficient (Wildman–Crippen LogP) is 19.6. The van der Waals surface area contributed by atoms with Crippen LogP contribution in [0.5, 0.6) is 0 Å². The van der Waals surface area contributed by atoms with E-state index in [1.807, 2.05) is 33.3 Å². The molecule has 77 heavy (non-hydrogen) atoms. The Hall–Kier alpha value is -2.29. The highest BCUT2D eigenvalue weighted by atomic mass is 31.2. The summed E-state index contributed by atoms with van der Waals surface area (Å²) in [5, 5.41) is 3.03. The second-order valence-corrected chi connectivity index (χ2v) is 24.7. The molecule has 9 nitrogen and oxygen atoms in total. The number of unbranched alkanes of at least 4 members (excludes halogenated alkanes) is 35. The molecule has 0 saturated carbocycles. The first-order chi connectivity index (χ1) is 37.4. The molecule has 1 amide bonds. The smallest absolute Gasteiger partial charge is 0.306 e. The zero-order chi connectivity index (χ0) is 56.4. The van der Waals surface area contributed by atoms with Crippen LogP contribution in [-0.4, -0.2) is 69.4 Å². The van der Waals surface area contributed by atoms with Gasteiger partial charge in [0.05, 0.1) is 33.8 Å². The van der Waals surface area contributed by atoms with Crippen molar-refractivity contribution in [1.29, 1.82) is 0 Å². The number of allylic oxidation sites excluding steroid dienone is 9. The highest BCUT2D eigenvalue weighted by molar-refractivity contribution is 7.45. The molecular weight excluding hydrogens is 976 g/mol. The van der Waals surface area contributed by atoms with Gasteiger partial charge in [-0.2, -0.15) is 0 Å². The van der Waals surface area contributed by atoms with Crippen LogP contribution in [0.15, 0.2) is 60.8 Å². The molecule has 0 heterocycles. The van der Waals surface area contributed by atoms with Gasteiger partial charge in [0.1, 0.15) is 19.3 Å². The first-order valence-corrected chi connectivity index (χ1v) is 34.1. The summed E-state index contributed by atoms with van der Waals surface area (Å²) in [7, 11) is 1.19. The number of ether oxygens (including phenoxy) is 1. The number of amides is 1. The number of hydrogen-bond acceptors (Lipinski definition) is 7. The van der Waals surface area contributed by atoms with E-state index in [0.29, 0.717) is 17.4 Å². The molecule has 0 bridgehead atoms. The van der Waals surface area contributed by atoms with Crippen molar-refractivity contribution in [1.82, 2.24) is 5.32 Å². The zero-order valence-electron chi connectivity index (χ0n) is 51.4. The maximum atomic E-state index is 13.5. The van der Waals surface area contributed by atoms with E-state index in [1.54, 1.807) is 0 Å². The van der Waals surface area contributed by atoms with Crippen LogP contribution < -0.4 is 10.2 Å². The van der Waals surface area contributed by atoms with E-state index >= 15 is 0 Å². The Morgan fingerprint density at radius 3 is 1.21 bits per heavy atom. The molecule has 1 N–H and O–H groups in total. The number of phosphoric acid groups is 1. The summed E-state index contributed by atoms with van der Waals surface area (Å²) in [6.45, 7) is 6.83. The van der Waals surface area contributed by atoms with Gasteiger partial charge in [0.15, 0.2) is 0 Å². The molecule has 0 aliphatic carbocycles. The molecular formula is C67H125N2O7P. The fraction of sp³-hybridized carbons (Fsp3) is 0.821. The van der Waals surface area contributed by atoms with Gasteiger partial charge in [-0.05, 0) is 76.7 Å².